The van der Waals surface area contributed by atoms with Gasteiger partial charge in [0.2, 0.25) is 0 Å². The molecule has 0 aliphatic rings. The fraction of sp³-hybridized carbons (Fsp3) is 0.133. The monoisotopic (exact) mass is 904 g/mol. The van der Waals surface area contributed by atoms with Gasteiger partial charge in [-0.05, 0) is 22.3 Å². The third-order valence-electron chi connectivity index (χ3n) is 10.7. The largest absolute Gasteiger partial charge is 0.388 e. The summed E-state index contributed by atoms with van der Waals surface area (Å²) in [4.78, 5) is 47.2. The fourth-order valence-corrected chi connectivity index (χ4v) is 6.86. The number of hydrogen-bond acceptors (Lipinski definition) is 8. The van der Waals surface area contributed by atoms with Crippen molar-refractivity contribution in [1.29, 1.82) is 0 Å². The van der Waals surface area contributed by atoms with Crippen LogP contribution in [0.25, 0.3) is 0 Å². The molecule has 0 amide bonds. The molecule has 8 nitrogen and oxygen atoms in total. The lowest BCUT2D eigenvalue weighted by atomic mass is 9.99. The van der Waals surface area contributed by atoms with Crippen LogP contribution >= 0.6 is 0 Å². The van der Waals surface area contributed by atoms with E-state index in [1.54, 1.807) is 97.1 Å². The van der Waals surface area contributed by atoms with Gasteiger partial charge in [0.25, 0.3) is 0 Å². The minimum atomic E-state index is -0.633. The Balaban J connectivity index is 0.000000169. The number of carbonyl (C=O) groups is 4. The van der Waals surface area contributed by atoms with Gasteiger partial charge in [-0.2, -0.15) is 0 Å². The van der Waals surface area contributed by atoms with E-state index < -0.39 is 24.4 Å². The summed E-state index contributed by atoms with van der Waals surface area (Å²) in [6.07, 6.45) is -2.06. The van der Waals surface area contributed by atoms with E-state index in [0.29, 0.717) is 35.1 Å². The van der Waals surface area contributed by atoms with Crippen LogP contribution in [0.15, 0.2) is 243 Å². The number of rotatable bonds is 16. The van der Waals surface area contributed by atoms with Gasteiger partial charge in [-0.1, -0.05) is 243 Å². The molecule has 8 aromatic carbocycles. The highest BCUT2D eigenvalue weighted by Gasteiger charge is 2.17. The highest BCUT2D eigenvalue weighted by atomic mass is 16.3. The Bertz CT molecular complexity index is 2290. The smallest absolute Gasteiger partial charge is 0.170 e. The Morgan fingerprint density at radius 3 is 0.559 bits per heavy atom. The standard InChI is InChI=1S/2C15H16O2.2C15H12O2/c4*16-14(12-7-3-1-4-8-12)11-15(17)13-9-5-2-6-10-13/h2*1-10,14-17H,11H2;2*1-10H,11H2/t2*14-,15-;;/m10../s1. The van der Waals surface area contributed by atoms with Crippen LogP contribution in [-0.4, -0.2) is 43.6 Å². The third kappa shape index (κ3) is 17.6. The Hall–Kier alpha value is -7.72. The van der Waals surface area contributed by atoms with Crippen LogP contribution in [0.1, 0.15) is 114 Å². The van der Waals surface area contributed by atoms with Crippen molar-refractivity contribution in [2.24, 2.45) is 0 Å². The normalized spacial score (nSPS) is 12.1. The summed E-state index contributed by atoms with van der Waals surface area (Å²) in [5, 5.41) is 40.0. The molecule has 0 aliphatic heterocycles. The molecule has 0 spiro atoms. The van der Waals surface area contributed by atoms with E-state index in [1.165, 1.54) is 0 Å². The lowest BCUT2D eigenvalue weighted by Crippen LogP contribution is -2.08. The van der Waals surface area contributed by atoms with Gasteiger partial charge < -0.3 is 20.4 Å². The molecule has 0 unspecified atom stereocenters. The van der Waals surface area contributed by atoms with Crippen LogP contribution in [0.5, 0.6) is 0 Å². The number of Topliss-reactive ketones (excluding diaryl/α,β-unsaturated/α-hetero) is 4. The minimum Gasteiger partial charge on any atom is -0.388 e. The van der Waals surface area contributed by atoms with Gasteiger partial charge in [-0.3, -0.25) is 19.2 Å². The summed E-state index contributed by atoms with van der Waals surface area (Å²) in [5.74, 6) is -0.558. The zero-order chi connectivity index (χ0) is 48.4. The van der Waals surface area contributed by atoms with Crippen molar-refractivity contribution >= 4 is 23.1 Å². The molecule has 0 aromatic heterocycles. The summed E-state index contributed by atoms with van der Waals surface area (Å²) in [6.45, 7) is 0. The Kier molecular flexibility index (Phi) is 21.4. The first-order chi connectivity index (χ1) is 33.1. The van der Waals surface area contributed by atoms with Crippen LogP contribution in [0.4, 0.5) is 0 Å². The molecule has 0 heterocycles. The second-order valence-corrected chi connectivity index (χ2v) is 15.7. The maximum Gasteiger partial charge on any atom is 0.170 e. The van der Waals surface area contributed by atoms with Crippen LogP contribution < -0.4 is 0 Å². The predicted octanol–water partition coefficient (Wildman–Crippen LogP) is 12.0. The van der Waals surface area contributed by atoms with Crippen molar-refractivity contribution in [2.75, 3.05) is 0 Å². The molecule has 344 valence electrons. The average molecular weight is 905 g/mol. The zero-order valence-corrected chi connectivity index (χ0v) is 37.7. The molecule has 8 aromatic rings. The van der Waals surface area contributed by atoms with Gasteiger partial charge in [0.05, 0.1) is 37.3 Å². The lowest BCUT2D eigenvalue weighted by molar-refractivity contribution is 0.0799. The predicted molar refractivity (Wildman–Crippen MR) is 267 cm³/mol. The summed E-state index contributed by atoms with van der Waals surface area (Å²) in [5.41, 5.74) is 5.66. The number of ketones is 4. The molecule has 8 heteroatoms. The molecule has 0 saturated carbocycles. The molecule has 0 aliphatic carbocycles. The van der Waals surface area contributed by atoms with E-state index in [1.807, 2.05) is 146 Å². The van der Waals surface area contributed by atoms with Gasteiger partial charge in [-0.15, -0.1) is 0 Å². The van der Waals surface area contributed by atoms with Crippen LogP contribution in [0, 0.1) is 0 Å². The SMILES string of the molecule is O=C(CC(=O)c1ccccc1)c1ccccc1.O=C(CC(=O)c1ccccc1)c1ccccc1.O[C@@H](C[C@H](O)c1ccccc1)c1ccccc1.O[C@H](C[C@@H](O)c1ccccc1)c1ccccc1. The van der Waals surface area contributed by atoms with Crippen LogP contribution in [0.3, 0.4) is 0 Å². The summed E-state index contributed by atoms with van der Waals surface area (Å²) >= 11 is 0. The maximum atomic E-state index is 11.8. The Morgan fingerprint density at radius 1 is 0.250 bits per heavy atom. The molecule has 0 fully saturated rings. The van der Waals surface area contributed by atoms with Gasteiger partial charge in [-0.25, -0.2) is 0 Å². The molecule has 0 bridgehead atoms. The highest BCUT2D eigenvalue weighted by molar-refractivity contribution is 6.14. The third-order valence-corrected chi connectivity index (χ3v) is 10.7. The van der Waals surface area contributed by atoms with E-state index in [-0.39, 0.29) is 36.0 Å². The van der Waals surface area contributed by atoms with E-state index in [9.17, 15) is 39.6 Å². The van der Waals surface area contributed by atoms with Gasteiger partial charge in [0, 0.05) is 35.1 Å². The lowest BCUT2D eigenvalue weighted by Gasteiger charge is -2.16. The topological polar surface area (TPSA) is 149 Å². The van der Waals surface area contributed by atoms with E-state index in [0.717, 1.165) is 22.3 Å². The maximum absolute atomic E-state index is 11.8. The zero-order valence-electron chi connectivity index (χ0n) is 37.7. The van der Waals surface area contributed by atoms with Crippen molar-refractivity contribution in [1.82, 2.24) is 0 Å². The average Bonchev–Trinajstić information content (AvgIpc) is 3.41. The number of aliphatic hydroxyl groups is 4. The molecule has 0 saturated heterocycles. The van der Waals surface area contributed by atoms with Crippen molar-refractivity contribution in [3.05, 3.63) is 287 Å². The molecule has 68 heavy (non-hydrogen) atoms. The van der Waals surface area contributed by atoms with Crippen LogP contribution in [0.2, 0.25) is 0 Å². The van der Waals surface area contributed by atoms with Crippen molar-refractivity contribution in [3.8, 4) is 0 Å². The van der Waals surface area contributed by atoms with Crippen molar-refractivity contribution in [2.45, 2.75) is 50.1 Å². The fourth-order valence-electron chi connectivity index (χ4n) is 6.86. The Labute approximate surface area is 398 Å². The molecule has 8 rings (SSSR count). The summed E-state index contributed by atoms with van der Waals surface area (Å²) in [6, 6.07) is 73.1. The molecule has 4 atom stereocenters. The highest BCUT2D eigenvalue weighted by Crippen LogP contribution is 2.27. The van der Waals surface area contributed by atoms with Gasteiger partial charge in [0.1, 0.15) is 0 Å². The van der Waals surface area contributed by atoms with E-state index >= 15 is 0 Å². The van der Waals surface area contributed by atoms with Crippen LogP contribution in [-0.2, 0) is 0 Å². The van der Waals surface area contributed by atoms with E-state index in [4.69, 9.17) is 0 Å². The first kappa shape index (κ1) is 51.3. The molecule has 0 radical (unpaired) electrons. The van der Waals surface area contributed by atoms with Crippen molar-refractivity contribution in [3.63, 3.8) is 0 Å². The van der Waals surface area contributed by atoms with E-state index in [2.05, 4.69) is 0 Å². The first-order valence-corrected chi connectivity index (χ1v) is 22.3. The molecular formula is C60H56O8. The second kappa shape index (κ2) is 28.3. The number of hydrogen-bond donors (Lipinski definition) is 4. The molecule has 4 N–H and O–H groups in total. The Morgan fingerprint density at radius 2 is 0.397 bits per heavy atom. The van der Waals surface area contributed by atoms with Gasteiger partial charge >= 0.3 is 0 Å². The summed E-state index contributed by atoms with van der Waals surface area (Å²) < 4.78 is 0. The number of carbonyl (C=O) groups excluding carboxylic acids is 4. The quantitative estimate of drug-likeness (QED) is 0.0553. The first-order valence-electron chi connectivity index (χ1n) is 22.3. The molecular weight excluding hydrogens is 849 g/mol. The minimum absolute atomic E-state index is 0.0754. The second-order valence-electron chi connectivity index (χ2n) is 15.7. The van der Waals surface area contributed by atoms with Crippen molar-refractivity contribution < 1.29 is 39.6 Å². The van der Waals surface area contributed by atoms with Gasteiger partial charge in [0.15, 0.2) is 23.1 Å². The number of benzene rings is 8. The number of aliphatic hydroxyl groups excluding tert-OH is 4. The summed E-state index contributed by atoms with van der Waals surface area (Å²) in [7, 11) is 0.